The lowest BCUT2D eigenvalue weighted by Gasteiger charge is -2.35. The van der Waals surface area contributed by atoms with Crippen molar-refractivity contribution in [3.05, 3.63) is 45.4 Å². The Balaban J connectivity index is 2.16. The topological polar surface area (TPSA) is 76.5 Å². The fourth-order valence-corrected chi connectivity index (χ4v) is 3.74. The molecule has 0 saturated heterocycles. The van der Waals surface area contributed by atoms with E-state index >= 15 is 0 Å². The van der Waals surface area contributed by atoms with Gasteiger partial charge in [-0.15, -0.1) is 0 Å². The van der Waals surface area contributed by atoms with Gasteiger partial charge in [0.25, 0.3) is 0 Å². The maximum atomic E-state index is 13.6. The van der Waals surface area contributed by atoms with Gasteiger partial charge in [-0.1, -0.05) is 6.07 Å². The highest BCUT2D eigenvalue weighted by atomic mass is 79.9. The van der Waals surface area contributed by atoms with E-state index in [9.17, 15) is 14.0 Å². The molecule has 25 heavy (non-hydrogen) atoms. The molecule has 0 amide bonds. The molecule has 132 valence electrons. The Labute approximate surface area is 152 Å². The lowest BCUT2D eigenvalue weighted by atomic mass is 9.74. The second-order valence-corrected chi connectivity index (χ2v) is 6.82. The van der Waals surface area contributed by atoms with Gasteiger partial charge >= 0.3 is 5.97 Å². The van der Waals surface area contributed by atoms with Crippen LogP contribution in [0.2, 0.25) is 0 Å². The number of hydrogen-bond acceptors (Lipinski definition) is 5. The van der Waals surface area contributed by atoms with Crippen LogP contribution < -0.4 is 0 Å². The average Bonchev–Trinajstić information content (AvgIpc) is 2.56. The summed E-state index contributed by atoms with van der Waals surface area (Å²) in [4.78, 5) is 25.0. The van der Waals surface area contributed by atoms with Crippen LogP contribution in [-0.4, -0.2) is 24.3 Å². The first-order chi connectivity index (χ1) is 11.9. The molecule has 3 rings (SSSR count). The SMILES string of the molecule is CCOC(=O)C1C(=N)OC2=C(C(=O)CCC2)C1c1ccc(F)c(Br)c1. The lowest BCUT2D eigenvalue weighted by molar-refractivity contribution is -0.146. The van der Waals surface area contributed by atoms with Gasteiger partial charge in [0.15, 0.2) is 5.78 Å². The van der Waals surface area contributed by atoms with Gasteiger partial charge in [-0.3, -0.25) is 15.0 Å². The number of halogens is 2. The zero-order valence-corrected chi connectivity index (χ0v) is 15.2. The summed E-state index contributed by atoms with van der Waals surface area (Å²) in [6.07, 6.45) is 1.55. The summed E-state index contributed by atoms with van der Waals surface area (Å²) >= 11 is 3.14. The monoisotopic (exact) mass is 409 g/mol. The van der Waals surface area contributed by atoms with Crippen LogP contribution in [0.4, 0.5) is 4.39 Å². The summed E-state index contributed by atoms with van der Waals surface area (Å²) in [6.45, 7) is 1.83. The molecule has 0 aromatic heterocycles. The Morgan fingerprint density at radius 1 is 1.44 bits per heavy atom. The molecule has 2 aliphatic rings. The van der Waals surface area contributed by atoms with Crippen molar-refractivity contribution in [2.75, 3.05) is 6.61 Å². The van der Waals surface area contributed by atoms with Crippen LogP contribution in [0, 0.1) is 17.1 Å². The molecule has 0 saturated carbocycles. The fourth-order valence-electron chi connectivity index (χ4n) is 3.34. The maximum Gasteiger partial charge on any atom is 0.319 e. The Kier molecular flexibility index (Phi) is 5.03. The quantitative estimate of drug-likeness (QED) is 0.768. The van der Waals surface area contributed by atoms with Crippen LogP contribution in [0.1, 0.15) is 37.7 Å². The number of nitrogens with one attached hydrogen (secondary N) is 1. The van der Waals surface area contributed by atoms with Gasteiger partial charge in [0, 0.05) is 24.3 Å². The van der Waals surface area contributed by atoms with Gasteiger partial charge in [-0.2, -0.15) is 0 Å². The normalized spacial score (nSPS) is 23.2. The largest absolute Gasteiger partial charge is 0.465 e. The van der Waals surface area contributed by atoms with Crippen molar-refractivity contribution in [3.63, 3.8) is 0 Å². The predicted octanol–water partition coefficient (Wildman–Crippen LogP) is 3.87. The van der Waals surface area contributed by atoms with E-state index in [1.165, 1.54) is 18.2 Å². The van der Waals surface area contributed by atoms with Crippen molar-refractivity contribution < 1.29 is 23.5 Å². The Morgan fingerprint density at radius 2 is 2.20 bits per heavy atom. The third-order valence-corrected chi connectivity index (χ3v) is 5.02. The first kappa shape index (κ1) is 17.8. The summed E-state index contributed by atoms with van der Waals surface area (Å²) in [5, 5.41) is 8.16. The second kappa shape index (κ2) is 7.07. The van der Waals surface area contributed by atoms with Crippen LogP contribution in [0.25, 0.3) is 0 Å². The summed E-state index contributed by atoms with van der Waals surface area (Å²) in [5.74, 6) is -2.73. The molecule has 1 heterocycles. The van der Waals surface area contributed by atoms with E-state index in [4.69, 9.17) is 14.9 Å². The molecule has 0 spiro atoms. The minimum Gasteiger partial charge on any atom is -0.465 e. The van der Waals surface area contributed by atoms with Gasteiger partial charge in [-0.25, -0.2) is 4.39 Å². The first-order valence-electron chi connectivity index (χ1n) is 8.08. The number of benzene rings is 1. The van der Waals surface area contributed by atoms with E-state index in [0.717, 1.165) is 0 Å². The number of Topliss-reactive ketones (excluding diaryl/α,β-unsaturated/α-hetero) is 1. The predicted molar refractivity (Wildman–Crippen MR) is 91.7 cm³/mol. The second-order valence-electron chi connectivity index (χ2n) is 5.96. The van der Waals surface area contributed by atoms with Crippen LogP contribution in [-0.2, 0) is 19.1 Å². The molecule has 1 aromatic carbocycles. The van der Waals surface area contributed by atoms with E-state index in [1.54, 1.807) is 6.92 Å². The first-order valence-corrected chi connectivity index (χ1v) is 8.87. The van der Waals surface area contributed by atoms with Gasteiger partial charge in [0.1, 0.15) is 17.5 Å². The Morgan fingerprint density at radius 3 is 2.88 bits per heavy atom. The van der Waals surface area contributed by atoms with E-state index in [0.29, 0.717) is 36.2 Å². The van der Waals surface area contributed by atoms with E-state index in [1.807, 2.05) is 0 Å². The van der Waals surface area contributed by atoms with Crippen LogP contribution >= 0.6 is 15.9 Å². The van der Waals surface area contributed by atoms with Crippen molar-refractivity contribution in [2.24, 2.45) is 5.92 Å². The highest BCUT2D eigenvalue weighted by molar-refractivity contribution is 9.10. The summed E-state index contributed by atoms with van der Waals surface area (Å²) in [6, 6.07) is 4.34. The molecular weight excluding hydrogens is 393 g/mol. The molecule has 5 nitrogen and oxygen atoms in total. The molecule has 7 heteroatoms. The average molecular weight is 410 g/mol. The van der Waals surface area contributed by atoms with Crippen LogP contribution in [0.15, 0.2) is 34.0 Å². The minimum absolute atomic E-state index is 0.103. The number of carbonyl (C=O) groups is 2. The zero-order valence-electron chi connectivity index (χ0n) is 13.6. The molecule has 0 bridgehead atoms. The Bertz CT molecular complexity index is 789. The number of hydrogen-bond donors (Lipinski definition) is 1. The molecule has 1 N–H and O–H groups in total. The van der Waals surface area contributed by atoms with Gasteiger partial charge in [0.2, 0.25) is 5.90 Å². The molecule has 0 fully saturated rings. The third-order valence-electron chi connectivity index (χ3n) is 4.41. The number of allylic oxidation sites excluding steroid dienone is 2. The molecule has 1 aliphatic carbocycles. The Hall–Kier alpha value is -2.02. The number of rotatable bonds is 3. The number of carbonyl (C=O) groups excluding carboxylic acids is 2. The van der Waals surface area contributed by atoms with E-state index in [-0.39, 0.29) is 22.8 Å². The standard InChI is InChI=1S/C18H17BrFNO4/c1-2-24-18(23)16-14(9-6-7-11(20)10(19)8-9)15-12(22)4-3-5-13(15)25-17(16)21/h6-8,14,16,21H,2-5H2,1H3. The van der Waals surface area contributed by atoms with Crippen molar-refractivity contribution in [1.82, 2.24) is 0 Å². The summed E-state index contributed by atoms with van der Waals surface area (Å²) < 4.78 is 24.5. The highest BCUT2D eigenvalue weighted by Gasteiger charge is 2.46. The molecule has 1 aliphatic heterocycles. The van der Waals surface area contributed by atoms with Crippen molar-refractivity contribution in [3.8, 4) is 0 Å². The highest BCUT2D eigenvalue weighted by Crippen LogP contribution is 2.44. The van der Waals surface area contributed by atoms with Gasteiger partial charge in [-0.05, 0) is 47.0 Å². The summed E-state index contributed by atoms with van der Waals surface area (Å²) in [7, 11) is 0. The zero-order chi connectivity index (χ0) is 18.1. The van der Waals surface area contributed by atoms with Crippen molar-refractivity contribution in [1.29, 1.82) is 5.41 Å². The molecular formula is C18H17BrFNO4. The number of ketones is 1. The van der Waals surface area contributed by atoms with Gasteiger partial charge < -0.3 is 9.47 Å². The van der Waals surface area contributed by atoms with E-state index < -0.39 is 23.6 Å². The molecule has 0 radical (unpaired) electrons. The van der Waals surface area contributed by atoms with E-state index in [2.05, 4.69) is 15.9 Å². The van der Waals surface area contributed by atoms with Crippen LogP contribution in [0.3, 0.4) is 0 Å². The molecule has 2 atom stereocenters. The fraction of sp³-hybridized carbons (Fsp3) is 0.389. The van der Waals surface area contributed by atoms with Crippen molar-refractivity contribution in [2.45, 2.75) is 32.1 Å². The molecule has 2 unspecified atom stereocenters. The smallest absolute Gasteiger partial charge is 0.319 e. The van der Waals surface area contributed by atoms with Crippen molar-refractivity contribution >= 4 is 33.6 Å². The lowest BCUT2D eigenvalue weighted by Crippen LogP contribution is -2.40. The molecule has 1 aromatic rings. The van der Waals surface area contributed by atoms with Gasteiger partial charge in [0.05, 0.1) is 11.1 Å². The third kappa shape index (κ3) is 3.25. The van der Waals surface area contributed by atoms with Crippen LogP contribution in [0.5, 0.6) is 0 Å². The maximum absolute atomic E-state index is 13.6. The number of ether oxygens (including phenoxy) is 2. The minimum atomic E-state index is -1.06. The summed E-state index contributed by atoms with van der Waals surface area (Å²) in [5.41, 5.74) is 0.973. The number of esters is 1.